The van der Waals surface area contributed by atoms with E-state index >= 15 is 0 Å². The van der Waals surface area contributed by atoms with E-state index in [1.54, 1.807) is 0 Å². The van der Waals surface area contributed by atoms with Crippen molar-refractivity contribution in [1.29, 1.82) is 0 Å². The van der Waals surface area contributed by atoms with Crippen LogP contribution in [0, 0.1) is 0 Å². The molecule has 3 amide bonds. The Labute approximate surface area is 82.9 Å². The summed E-state index contributed by atoms with van der Waals surface area (Å²) >= 11 is 0. The van der Waals surface area contributed by atoms with E-state index in [2.05, 4.69) is 5.32 Å². The molecule has 0 atom stereocenters. The number of imide groups is 1. The molecule has 0 aromatic heterocycles. The fraction of sp³-hybridized carbons (Fsp3) is 0.778. The molecule has 0 spiro atoms. The van der Waals surface area contributed by atoms with Crippen molar-refractivity contribution in [3.8, 4) is 0 Å². The predicted octanol–water partition coefficient (Wildman–Crippen LogP) is 0.137. The molecule has 1 saturated carbocycles. The van der Waals surface area contributed by atoms with Gasteiger partial charge >= 0.3 is 6.03 Å². The quantitative estimate of drug-likeness (QED) is 0.593. The van der Waals surface area contributed by atoms with Crippen molar-refractivity contribution in [2.24, 2.45) is 0 Å². The maximum atomic E-state index is 11.1. The van der Waals surface area contributed by atoms with Gasteiger partial charge in [0.15, 0.2) is 0 Å². The van der Waals surface area contributed by atoms with Crippen molar-refractivity contribution in [2.45, 2.75) is 38.1 Å². The molecule has 0 bridgehead atoms. The Morgan fingerprint density at radius 1 is 1.21 bits per heavy atom. The van der Waals surface area contributed by atoms with Crippen LogP contribution in [0.5, 0.6) is 0 Å². The third-order valence-corrected chi connectivity index (χ3v) is 2.34. The molecule has 0 heterocycles. The molecule has 0 aromatic rings. The molecule has 0 radical (unpaired) electrons. The molecule has 1 aliphatic carbocycles. The van der Waals surface area contributed by atoms with Gasteiger partial charge in [0.2, 0.25) is 0 Å². The largest absolute Gasteiger partial charge is 0.387 e. The van der Waals surface area contributed by atoms with Crippen LogP contribution in [0.15, 0.2) is 0 Å². The molecule has 5 heteroatoms. The summed E-state index contributed by atoms with van der Waals surface area (Å²) in [7, 11) is 0. The minimum Gasteiger partial charge on any atom is -0.387 e. The van der Waals surface area contributed by atoms with Crippen LogP contribution in [0.1, 0.15) is 32.1 Å². The van der Waals surface area contributed by atoms with Crippen molar-refractivity contribution in [3.05, 3.63) is 0 Å². The van der Waals surface area contributed by atoms with Crippen molar-refractivity contribution in [2.75, 3.05) is 6.61 Å². The fourth-order valence-corrected chi connectivity index (χ4v) is 1.63. The zero-order valence-electron chi connectivity index (χ0n) is 8.08. The molecular weight excluding hydrogens is 184 g/mol. The molecule has 0 unspecified atom stereocenters. The molecule has 0 saturated heterocycles. The van der Waals surface area contributed by atoms with Gasteiger partial charge in [0.25, 0.3) is 5.91 Å². The zero-order valence-corrected chi connectivity index (χ0v) is 8.08. The molecule has 1 fully saturated rings. The Hall–Kier alpha value is -1.10. The second-order valence-electron chi connectivity index (χ2n) is 3.51. The predicted molar refractivity (Wildman–Crippen MR) is 50.6 cm³/mol. The number of carbonyl (C=O) groups is 2. The first-order valence-electron chi connectivity index (χ1n) is 4.93. The normalized spacial score (nSPS) is 17.5. The van der Waals surface area contributed by atoms with E-state index in [1.165, 1.54) is 6.42 Å². The summed E-state index contributed by atoms with van der Waals surface area (Å²) in [5.41, 5.74) is 0. The van der Waals surface area contributed by atoms with Gasteiger partial charge in [-0.05, 0) is 12.8 Å². The Bertz CT molecular complexity index is 212. The van der Waals surface area contributed by atoms with Crippen LogP contribution in [0.2, 0.25) is 0 Å². The molecule has 14 heavy (non-hydrogen) atoms. The van der Waals surface area contributed by atoms with E-state index in [0.29, 0.717) is 0 Å². The highest BCUT2D eigenvalue weighted by Crippen LogP contribution is 2.16. The van der Waals surface area contributed by atoms with Crippen LogP contribution in [0.3, 0.4) is 0 Å². The minimum atomic E-state index is -0.668. The Balaban J connectivity index is 2.21. The van der Waals surface area contributed by atoms with Crippen LogP contribution < -0.4 is 10.6 Å². The van der Waals surface area contributed by atoms with E-state index in [1.807, 2.05) is 5.32 Å². The molecule has 0 aliphatic heterocycles. The molecule has 1 aliphatic rings. The number of nitrogens with one attached hydrogen (secondary N) is 2. The van der Waals surface area contributed by atoms with Gasteiger partial charge in [-0.1, -0.05) is 19.3 Å². The third-order valence-electron chi connectivity index (χ3n) is 2.34. The number of rotatable bonds is 2. The van der Waals surface area contributed by atoms with Crippen LogP contribution in [0.25, 0.3) is 0 Å². The van der Waals surface area contributed by atoms with E-state index in [-0.39, 0.29) is 6.04 Å². The molecule has 5 nitrogen and oxygen atoms in total. The van der Waals surface area contributed by atoms with Crippen molar-refractivity contribution < 1.29 is 14.7 Å². The highest BCUT2D eigenvalue weighted by molar-refractivity contribution is 5.94. The SMILES string of the molecule is O=C(CO)NC(=O)NC1CCCCC1. The maximum Gasteiger partial charge on any atom is 0.321 e. The van der Waals surface area contributed by atoms with Gasteiger partial charge < -0.3 is 10.4 Å². The number of amides is 3. The van der Waals surface area contributed by atoms with Gasteiger partial charge in [0.1, 0.15) is 6.61 Å². The van der Waals surface area contributed by atoms with Gasteiger partial charge in [0.05, 0.1) is 0 Å². The van der Waals surface area contributed by atoms with Crippen LogP contribution >= 0.6 is 0 Å². The lowest BCUT2D eigenvalue weighted by molar-refractivity contribution is -0.122. The number of hydrogen-bond donors (Lipinski definition) is 3. The number of hydrogen-bond acceptors (Lipinski definition) is 3. The van der Waals surface area contributed by atoms with E-state index in [9.17, 15) is 9.59 Å². The second-order valence-corrected chi connectivity index (χ2v) is 3.51. The van der Waals surface area contributed by atoms with E-state index in [4.69, 9.17) is 5.11 Å². The Morgan fingerprint density at radius 2 is 1.86 bits per heavy atom. The van der Waals surface area contributed by atoms with Crippen molar-refractivity contribution >= 4 is 11.9 Å². The van der Waals surface area contributed by atoms with Crippen molar-refractivity contribution in [1.82, 2.24) is 10.6 Å². The highest BCUT2D eigenvalue weighted by Gasteiger charge is 2.16. The van der Waals surface area contributed by atoms with Gasteiger partial charge in [-0.3, -0.25) is 10.1 Å². The topological polar surface area (TPSA) is 78.4 Å². The van der Waals surface area contributed by atoms with Crippen LogP contribution in [-0.4, -0.2) is 29.7 Å². The summed E-state index contributed by atoms with van der Waals surface area (Å²) in [5.74, 6) is -0.668. The lowest BCUT2D eigenvalue weighted by atomic mass is 9.96. The van der Waals surface area contributed by atoms with Crippen LogP contribution in [-0.2, 0) is 4.79 Å². The first-order chi connectivity index (χ1) is 6.72. The summed E-state index contributed by atoms with van der Waals surface area (Å²) in [6.07, 6.45) is 5.41. The van der Waals surface area contributed by atoms with Gasteiger partial charge in [-0.25, -0.2) is 4.79 Å². The standard InChI is InChI=1S/C9H16N2O3/c12-6-8(13)11-9(14)10-7-4-2-1-3-5-7/h7,12H,1-6H2,(H2,10,11,13,14). The zero-order chi connectivity index (χ0) is 10.4. The summed E-state index contributed by atoms with van der Waals surface area (Å²) in [6, 6.07) is -0.328. The number of urea groups is 1. The Morgan fingerprint density at radius 3 is 2.43 bits per heavy atom. The lowest BCUT2D eigenvalue weighted by Crippen LogP contribution is -2.45. The average Bonchev–Trinajstić information content (AvgIpc) is 2.19. The Kier molecular flexibility index (Phi) is 4.39. The lowest BCUT2D eigenvalue weighted by Gasteiger charge is -2.22. The van der Waals surface area contributed by atoms with Gasteiger partial charge in [-0.15, -0.1) is 0 Å². The second kappa shape index (κ2) is 5.59. The summed E-state index contributed by atoms with van der Waals surface area (Å²) < 4.78 is 0. The fourth-order valence-electron chi connectivity index (χ4n) is 1.63. The first kappa shape index (κ1) is 11.0. The molecule has 80 valence electrons. The van der Waals surface area contributed by atoms with Gasteiger partial charge in [0, 0.05) is 6.04 Å². The molecule has 1 rings (SSSR count). The third kappa shape index (κ3) is 3.74. The summed E-state index contributed by atoms with van der Waals surface area (Å²) in [6.45, 7) is -0.655. The monoisotopic (exact) mass is 200 g/mol. The highest BCUT2D eigenvalue weighted by atomic mass is 16.3. The number of aliphatic hydroxyl groups is 1. The van der Waals surface area contributed by atoms with E-state index in [0.717, 1.165) is 25.7 Å². The molecule has 0 aromatic carbocycles. The van der Waals surface area contributed by atoms with Crippen molar-refractivity contribution in [3.63, 3.8) is 0 Å². The average molecular weight is 200 g/mol. The number of aliphatic hydroxyl groups excluding tert-OH is 1. The number of carbonyl (C=O) groups excluding carboxylic acids is 2. The maximum absolute atomic E-state index is 11.1. The van der Waals surface area contributed by atoms with Crippen LogP contribution in [0.4, 0.5) is 4.79 Å². The van der Waals surface area contributed by atoms with Gasteiger partial charge in [-0.2, -0.15) is 0 Å². The smallest absolute Gasteiger partial charge is 0.321 e. The summed E-state index contributed by atoms with van der Waals surface area (Å²) in [5, 5.41) is 13.1. The summed E-state index contributed by atoms with van der Waals surface area (Å²) in [4.78, 5) is 21.8. The minimum absolute atomic E-state index is 0.176. The molecule has 3 N–H and O–H groups in total. The van der Waals surface area contributed by atoms with E-state index < -0.39 is 18.5 Å². The molecular formula is C9H16N2O3. The first-order valence-corrected chi connectivity index (χ1v) is 4.93.